The van der Waals surface area contributed by atoms with Crippen LogP contribution in [-0.4, -0.2) is 18.4 Å². The third kappa shape index (κ3) is 5.83. The van der Waals surface area contributed by atoms with Crippen LogP contribution < -0.4 is 16.0 Å². The van der Waals surface area contributed by atoms with Gasteiger partial charge in [0.1, 0.15) is 5.76 Å². The first-order valence-electron chi connectivity index (χ1n) is 8.66. The summed E-state index contributed by atoms with van der Waals surface area (Å²) in [6, 6.07) is 20.2. The molecule has 2 aromatic carbocycles. The van der Waals surface area contributed by atoms with Crippen molar-refractivity contribution in [3.63, 3.8) is 0 Å². The largest absolute Gasteiger partial charge is 0.467 e. The van der Waals surface area contributed by atoms with Crippen LogP contribution in [0.25, 0.3) is 0 Å². The van der Waals surface area contributed by atoms with Gasteiger partial charge in [0, 0.05) is 17.8 Å². The maximum absolute atomic E-state index is 12.1. The van der Waals surface area contributed by atoms with E-state index in [2.05, 4.69) is 16.0 Å². The van der Waals surface area contributed by atoms with E-state index in [0.717, 1.165) is 5.56 Å². The van der Waals surface area contributed by atoms with Crippen molar-refractivity contribution in [2.45, 2.75) is 13.1 Å². The third-order valence-electron chi connectivity index (χ3n) is 3.89. The van der Waals surface area contributed by atoms with Crippen molar-refractivity contribution in [3.8, 4) is 0 Å². The van der Waals surface area contributed by atoms with E-state index in [1.54, 1.807) is 42.7 Å². The highest BCUT2D eigenvalue weighted by molar-refractivity contribution is 5.96. The number of carbonyl (C=O) groups is 2. The summed E-state index contributed by atoms with van der Waals surface area (Å²) in [4.78, 5) is 24.1. The predicted octanol–water partition coefficient (Wildman–Crippen LogP) is 2.94. The second kappa shape index (κ2) is 9.35. The normalized spacial score (nSPS) is 10.4. The van der Waals surface area contributed by atoms with E-state index in [1.807, 2.05) is 30.3 Å². The zero-order valence-corrected chi connectivity index (χ0v) is 14.8. The quantitative estimate of drug-likeness (QED) is 0.575. The lowest BCUT2D eigenvalue weighted by atomic mass is 10.2. The number of benzene rings is 2. The van der Waals surface area contributed by atoms with Crippen LogP contribution in [0.15, 0.2) is 77.4 Å². The molecule has 0 spiro atoms. The van der Waals surface area contributed by atoms with E-state index in [-0.39, 0.29) is 18.4 Å². The van der Waals surface area contributed by atoms with Crippen LogP contribution in [0.1, 0.15) is 21.7 Å². The summed E-state index contributed by atoms with van der Waals surface area (Å²) in [6.45, 7) is 1.17. The van der Waals surface area contributed by atoms with Gasteiger partial charge in [-0.15, -0.1) is 0 Å². The zero-order chi connectivity index (χ0) is 18.9. The van der Waals surface area contributed by atoms with Gasteiger partial charge in [-0.3, -0.25) is 9.59 Å². The monoisotopic (exact) mass is 363 g/mol. The SMILES string of the molecule is O=C(CNCc1ccccc1)Nc1ccc(C(=O)NCc2ccco2)cc1. The Labute approximate surface area is 157 Å². The molecular weight excluding hydrogens is 342 g/mol. The van der Waals surface area contributed by atoms with Gasteiger partial charge in [-0.1, -0.05) is 30.3 Å². The second-order valence-corrected chi connectivity index (χ2v) is 5.98. The fourth-order valence-electron chi connectivity index (χ4n) is 2.51. The maximum atomic E-state index is 12.1. The van der Waals surface area contributed by atoms with E-state index in [4.69, 9.17) is 4.42 Å². The Balaban J connectivity index is 1.42. The van der Waals surface area contributed by atoms with Gasteiger partial charge in [0.2, 0.25) is 5.91 Å². The van der Waals surface area contributed by atoms with Crippen molar-refractivity contribution in [1.82, 2.24) is 10.6 Å². The summed E-state index contributed by atoms with van der Waals surface area (Å²) in [6.07, 6.45) is 1.56. The minimum Gasteiger partial charge on any atom is -0.467 e. The predicted molar refractivity (Wildman–Crippen MR) is 103 cm³/mol. The molecule has 0 fully saturated rings. The first-order chi connectivity index (χ1) is 13.2. The highest BCUT2D eigenvalue weighted by Crippen LogP contribution is 2.10. The highest BCUT2D eigenvalue weighted by Gasteiger charge is 2.07. The molecule has 0 aliphatic heterocycles. The molecule has 0 radical (unpaired) electrons. The fraction of sp³-hybridized carbons (Fsp3) is 0.143. The van der Waals surface area contributed by atoms with Gasteiger partial charge >= 0.3 is 0 Å². The molecule has 0 unspecified atom stereocenters. The number of carbonyl (C=O) groups excluding carboxylic acids is 2. The Morgan fingerprint density at radius 1 is 0.852 bits per heavy atom. The van der Waals surface area contributed by atoms with E-state index >= 15 is 0 Å². The van der Waals surface area contributed by atoms with E-state index < -0.39 is 0 Å². The van der Waals surface area contributed by atoms with Crippen molar-refractivity contribution >= 4 is 17.5 Å². The van der Waals surface area contributed by atoms with Crippen LogP contribution in [0.3, 0.4) is 0 Å². The molecule has 3 rings (SSSR count). The zero-order valence-electron chi connectivity index (χ0n) is 14.8. The third-order valence-corrected chi connectivity index (χ3v) is 3.89. The number of amides is 2. The molecule has 0 saturated heterocycles. The minimum atomic E-state index is -0.200. The van der Waals surface area contributed by atoms with Crippen LogP contribution in [0.4, 0.5) is 5.69 Å². The molecule has 3 N–H and O–H groups in total. The Morgan fingerprint density at radius 3 is 2.33 bits per heavy atom. The van der Waals surface area contributed by atoms with E-state index in [0.29, 0.717) is 30.1 Å². The molecule has 6 heteroatoms. The lowest BCUT2D eigenvalue weighted by molar-refractivity contribution is -0.115. The Hall–Kier alpha value is -3.38. The first-order valence-corrected chi connectivity index (χ1v) is 8.66. The average molecular weight is 363 g/mol. The van der Waals surface area contributed by atoms with Crippen LogP contribution in [0.2, 0.25) is 0 Å². The van der Waals surface area contributed by atoms with Gasteiger partial charge in [-0.05, 0) is 42.0 Å². The molecule has 27 heavy (non-hydrogen) atoms. The van der Waals surface area contributed by atoms with Crippen molar-refractivity contribution in [2.75, 3.05) is 11.9 Å². The second-order valence-electron chi connectivity index (χ2n) is 5.98. The minimum absolute atomic E-state index is 0.138. The highest BCUT2D eigenvalue weighted by atomic mass is 16.3. The van der Waals surface area contributed by atoms with Gasteiger partial charge in [-0.2, -0.15) is 0 Å². The molecule has 6 nitrogen and oxygen atoms in total. The average Bonchev–Trinajstić information content (AvgIpc) is 3.21. The number of nitrogens with one attached hydrogen (secondary N) is 3. The van der Waals surface area contributed by atoms with Crippen LogP contribution >= 0.6 is 0 Å². The van der Waals surface area contributed by atoms with Gasteiger partial charge in [-0.25, -0.2) is 0 Å². The van der Waals surface area contributed by atoms with Crippen molar-refractivity contribution in [2.24, 2.45) is 0 Å². The maximum Gasteiger partial charge on any atom is 0.251 e. The summed E-state index contributed by atoms with van der Waals surface area (Å²) in [5.74, 6) is 0.352. The Kier molecular flexibility index (Phi) is 6.38. The first kappa shape index (κ1) is 18.4. The van der Waals surface area contributed by atoms with Crippen LogP contribution in [0.5, 0.6) is 0 Å². The standard InChI is InChI=1S/C21H21N3O3/c25-20(15-22-13-16-5-2-1-3-6-16)24-18-10-8-17(9-11-18)21(26)23-14-19-7-4-12-27-19/h1-12,22H,13-15H2,(H,23,26)(H,24,25). The molecule has 2 amide bonds. The lowest BCUT2D eigenvalue weighted by Crippen LogP contribution is -2.27. The molecule has 0 aliphatic carbocycles. The molecule has 138 valence electrons. The van der Waals surface area contributed by atoms with Crippen molar-refractivity contribution in [1.29, 1.82) is 0 Å². The summed E-state index contributed by atoms with van der Waals surface area (Å²) in [7, 11) is 0. The van der Waals surface area contributed by atoms with Crippen LogP contribution in [0, 0.1) is 0 Å². The Bertz CT molecular complexity index is 859. The van der Waals surface area contributed by atoms with Gasteiger partial charge in [0.05, 0.1) is 19.4 Å². The van der Waals surface area contributed by atoms with E-state index in [1.165, 1.54) is 0 Å². The molecule has 0 atom stereocenters. The van der Waals surface area contributed by atoms with Gasteiger partial charge in [0.15, 0.2) is 0 Å². The van der Waals surface area contributed by atoms with Crippen molar-refractivity contribution in [3.05, 3.63) is 89.9 Å². The molecular formula is C21H21N3O3. The molecule has 3 aromatic rings. The van der Waals surface area contributed by atoms with Gasteiger partial charge < -0.3 is 20.4 Å². The molecule has 0 bridgehead atoms. The van der Waals surface area contributed by atoms with Crippen LogP contribution in [-0.2, 0) is 17.9 Å². The summed E-state index contributed by atoms with van der Waals surface area (Å²) >= 11 is 0. The molecule has 0 aliphatic rings. The van der Waals surface area contributed by atoms with Crippen molar-refractivity contribution < 1.29 is 14.0 Å². The van der Waals surface area contributed by atoms with Gasteiger partial charge in [0.25, 0.3) is 5.91 Å². The summed E-state index contributed by atoms with van der Waals surface area (Å²) < 4.78 is 5.17. The topological polar surface area (TPSA) is 83.4 Å². The number of hydrogen-bond donors (Lipinski definition) is 3. The fourth-order valence-corrected chi connectivity index (χ4v) is 2.51. The Morgan fingerprint density at radius 2 is 1.63 bits per heavy atom. The summed E-state index contributed by atoms with van der Waals surface area (Å²) in [5, 5.41) is 8.67. The molecule has 1 heterocycles. The number of rotatable bonds is 8. The lowest BCUT2D eigenvalue weighted by Gasteiger charge is -2.08. The molecule has 0 saturated carbocycles. The smallest absolute Gasteiger partial charge is 0.251 e. The number of anilines is 1. The van der Waals surface area contributed by atoms with E-state index in [9.17, 15) is 9.59 Å². The molecule has 1 aromatic heterocycles. The number of hydrogen-bond acceptors (Lipinski definition) is 4. The number of furan rings is 1. The summed E-state index contributed by atoms with van der Waals surface area (Å²) in [5.41, 5.74) is 2.28.